The molecule has 5 nitrogen and oxygen atoms in total. The van der Waals surface area contributed by atoms with Gasteiger partial charge in [0.25, 0.3) is 6.29 Å². The van der Waals surface area contributed by atoms with Gasteiger partial charge in [0.1, 0.15) is 12.9 Å². The minimum Gasteiger partial charge on any atom is -0.399 e. The van der Waals surface area contributed by atoms with Crippen LogP contribution in [-0.2, 0) is 9.63 Å². The lowest BCUT2D eigenvalue weighted by atomic mass is 10.2. The highest BCUT2D eigenvalue weighted by Gasteiger charge is 2.04. The van der Waals surface area contributed by atoms with Gasteiger partial charge in [-0.05, 0) is 12.1 Å². The molecular formula is C8H8N3O2. The summed E-state index contributed by atoms with van der Waals surface area (Å²) in [5, 5.41) is 3.46. The first kappa shape index (κ1) is 9.18. The summed E-state index contributed by atoms with van der Waals surface area (Å²) in [7, 11) is 1.35. The summed E-state index contributed by atoms with van der Waals surface area (Å²) in [5.74, 6) is 0.316. The van der Waals surface area contributed by atoms with Gasteiger partial charge in [-0.1, -0.05) is 5.16 Å². The van der Waals surface area contributed by atoms with Crippen LogP contribution in [0.5, 0.6) is 0 Å². The maximum absolute atomic E-state index is 10.4. The predicted octanol–water partition coefficient (Wildman–Crippen LogP) is 0.124. The molecule has 0 atom stereocenters. The summed E-state index contributed by atoms with van der Waals surface area (Å²) in [6.45, 7) is 0. The summed E-state index contributed by atoms with van der Waals surface area (Å²) in [4.78, 5) is 18.6. The number of rotatable bonds is 3. The van der Waals surface area contributed by atoms with Crippen LogP contribution in [0.4, 0.5) is 5.82 Å². The Morgan fingerprint density at radius 3 is 3.08 bits per heavy atom. The van der Waals surface area contributed by atoms with Crippen molar-refractivity contribution < 1.29 is 9.63 Å². The number of hydrogen-bond donors (Lipinski definition) is 1. The fourth-order valence-electron chi connectivity index (χ4n) is 0.817. The van der Waals surface area contributed by atoms with E-state index >= 15 is 0 Å². The predicted molar refractivity (Wildman–Crippen MR) is 47.9 cm³/mol. The molecule has 1 heterocycles. The zero-order valence-corrected chi connectivity index (χ0v) is 7.02. The number of nitrogens with two attached hydrogens (primary N) is 1. The Hall–Kier alpha value is -1.91. The van der Waals surface area contributed by atoms with Crippen molar-refractivity contribution in [3.05, 3.63) is 23.9 Å². The maximum Gasteiger partial charge on any atom is 0.257 e. The van der Waals surface area contributed by atoms with Gasteiger partial charge < -0.3 is 10.6 Å². The second kappa shape index (κ2) is 4.20. The number of pyridine rings is 1. The third-order valence-corrected chi connectivity index (χ3v) is 1.33. The van der Waals surface area contributed by atoms with E-state index in [2.05, 4.69) is 15.0 Å². The molecule has 13 heavy (non-hydrogen) atoms. The van der Waals surface area contributed by atoms with Crippen LogP contribution in [0.15, 0.2) is 23.5 Å². The largest absolute Gasteiger partial charge is 0.399 e. The average Bonchev–Trinajstić information content (AvgIpc) is 2.14. The van der Waals surface area contributed by atoms with Gasteiger partial charge in [0.2, 0.25) is 0 Å². The smallest absolute Gasteiger partial charge is 0.257 e. The molecule has 0 unspecified atom stereocenters. The molecule has 67 valence electrons. The highest BCUT2D eigenvalue weighted by atomic mass is 16.6. The Morgan fingerprint density at radius 2 is 2.54 bits per heavy atom. The van der Waals surface area contributed by atoms with Crippen LogP contribution in [0.25, 0.3) is 0 Å². The number of anilines is 1. The van der Waals surface area contributed by atoms with Gasteiger partial charge in [-0.15, -0.1) is 0 Å². The monoisotopic (exact) mass is 178 g/mol. The van der Waals surface area contributed by atoms with Gasteiger partial charge in [-0.2, -0.15) is 0 Å². The van der Waals surface area contributed by atoms with Crippen molar-refractivity contribution in [2.24, 2.45) is 5.16 Å². The molecule has 0 aliphatic carbocycles. The van der Waals surface area contributed by atoms with Crippen LogP contribution >= 0.6 is 0 Å². The second-order valence-corrected chi connectivity index (χ2v) is 2.19. The van der Waals surface area contributed by atoms with E-state index in [1.165, 1.54) is 19.4 Å². The van der Waals surface area contributed by atoms with Crippen molar-refractivity contribution in [2.75, 3.05) is 12.8 Å². The number of hydrogen-bond acceptors (Lipinski definition) is 5. The van der Waals surface area contributed by atoms with E-state index in [1.54, 1.807) is 12.4 Å². The van der Waals surface area contributed by atoms with E-state index in [9.17, 15) is 4.79 Å². The van der Waals surface area contributed by atoms with Crippen molar-refractivity contribution in [1.29, 1.82) is 0 Å². The fraction of sp³-hybridized carbons (Fsp3) is 0.125. The normalized spacial score (nSPS) is 11.0. The third kappa shape index (κ3) is 2.26. The fourth-order valence-corrected chi connectivity index (χ4v) is 0.817. The maximum atomic E-state index is 10.4. The molecule has 0 saturated carbocycles. The third-order valence-electron chi connectivity index (χ3n) is 1.33. The molecule has 1 rings (SSSR count). The number of nitrogens with zero attached hydrogens (tertiary/aromatic N) is 2. The summed E-state index contributed by atoms with van der Waals surface area (Å²) in [6.07, 6.45) is 3.12. The molecule has 1 radical (unpaired) electrons. The topological polar surface area (TPSA) is 77.6 Å². The molecule has 0 saturated heterocycles. The van der Waals surface area contributed by atoms with Crippen LogP contribution in [0.1, 0.15) is 5.56 Å². The zero-order valence-electron chi connectivity index (χ0n) is 7.02. The summed E-state index contributed by atoms with van der Waals surface area (Å²) in [6, 6.07) is 3.11. The SMILES string of the molecule is CO/N=C(\[C]=O)c1ccnc(N)c1. The first-order chi connectivity index (χ1) is 6.27. The molecule has 1 aromatic heterocycles. The minimum atomic E-state index is 0.0663. The molecular weight excluding hydrogens is 170 g/mol. The Kier molecular flexibility index (Phi) is 2.97. The van der Waals surface area contributed by atoms with Gasteiger partial charge >= 0.3 is 0 Å². The van der Waals surface area contributed by atoms with Crippen LogP contribution < -0.4 is 5.73 Å². The molecule has 5 heteroatoms. The molecule has 0 spiro atoms. The van der Waals surface area contributed by atoms with E-state index in [1.807, 2.05) is 0 Å². The lowest BCUT2D eigenvalue weighted by Crippen LogP contribution is -2.04. The Bertz CT molecular complexity index is 336. The van der Waals surface area contributed by atoms with E-state index in [-0.39, 0.29) is 5.71 Å². The number of aromatic nitrogens is 1. The van der Waals surface area contributed by atoms with Gasteiger partial charge in [0.05, 0.1) is 0 Å². The first-order valence-electron chi connectivity index (χ1n) is 3.49. The molecule has 0 aliphatic heterocycles. The number of nitrogen functional groups attached to an aromatic ring is 1. The van der Waals surface area contributed by atoms with Crippen LogP contribution in [0.2, 0.25) is 0 Å². The lowest BCUT2D eigenvalue weighted by molar-refractivity contribution is 0.214. The quantitative estimate of drug-likeness (QED) is 0.527. The molecule has 2 N–H and O–H groups in total. The molecule has 1 aromatic rings. The van der Waals surface area contributed by atoms with Crippen molar-refractivity contribution in [2.45, 2.75) is 0 Å². The standard InChI is InChI=1S/C8H8N3O2/c1-13-11-7(5-12)6-2-3-10-8(9)4-6/h2-4H,1H3,(H2,9,10)/b11-7+. The van der Waals surface area contributed by atoms with Crippen molar-refractivity contribution in [3.63, 3.8) is 0 Å². The van der Waals surface area contributed by atoms with Crippen LogP contribution in [-0.4, -0.2) is 24.1 Å². The van der Waals surface area contributed by atoms with Crippen LogP contribution in [0, 0.1) is 0 Å². The van der Waals surface area contributed by atoms with E-state index in [0.29, 0.717) is 11.4 Å². The second-order valence-electron chi connectivity index (χ2n) is 2.19. The highest BCUT2D eigenvalue weighted by molar-refractivity contribution is 6.36. The molecule has 0 amide bonds. The van der Waals surface area contributed by atoms with Crippen molar-refractivity contribution in [3.8, 4) is 0 Å². The lowest BCUT2D eigenvalue weighted by Gasteiger charge is -1.97. The van der Waals surface area contributed by atoms with Gasteiger partial charge in [0, 0.05) is 11.8 Å². The summed E-state index contributed by atoms with van der Waals surface area (Å²) >= 11 is 0. The first-order valence-corrected chi connectivity index (χ1v) is 3.49. The summed E-state index contributed by atoms with van der Waals surface area (Å²) in [5.41, 5.74) is 6.01. The molecule has 0 fully saturated rings. The summed E-state index contributed by atoms with van der Waals surface area (Å²) < 4.78 is 0. The number of oxime groups is 1. The minimum absolute atomic E-state index is 0.0663. The van der Waals surface area contributed by atoms with Crippen molar-refractivity contribution in [1.82, 2.24) is 4.98 Å². The van der Waals surface area contributed by atoms with Crippen LogP contribution in [0.3, 0.4) is 0 Å². The molecule has 0 aromatic carbocycles. The van der Waals surface area contributed by atoms with E-state index in [0.717, 1.165) is 0 Å². The van der Waals surface area contributed by atoms with Gasteiger partial charge in [-0.25, -0.2) is 4.98 Å². The average molecular weight is 178 g/mol. The highest BCUT2D eigenvalue weighted by Crippen LogP contribution is 2.03. The van der Waals surface area contributed by atoms with Crippen molar-refractivity contribution >= 4 is 17.8 Å². The van der Waals surface area contributed by atoms with Gasteiger partial charge in [-0.3, -0.25) is 4.79 Å². The van der Waals surface area contributed by atoms with Gasteiger partial charge in [0.15, 0.2) is 5.71 Å². The Labute approximate surface area is 75.2 Å². The Morgan fingerprint density at radius 1 is 1.77 bits per heavy atom. The molecule has 0 bridgehead atoms. The number of carbonyl (C=O) groups excluding carboxylic acids is 1. The molecule has 0 aliphatic rings. The zero-order chi connectivity index (χ0) is 9.68. The Balaban J connectivity index is 3.05. The van der Waals surface area contributed by atoms with E-state index in [4.69, 9.17) is 5.73 Å². The van der Waals surface area contributed by atoms with E-state index < -0.39 is 0 Å².